The van der Waals surface area contributed by atoms with Crippen LogP contribution < -0.4 is 5.32 Å². The SMILES string of the molecule is CCCCCNc1cc(C)c(F)cc1[N+](=O)[O-]. The molecule has 17 heavy (non-hydrogen) atoms. The van der Waals surface area contributed by atoms with Crippen molar-refractivity contribution in [1.29, 1.82) is 0 Å². The van der Waals surface area contributed by atoms with Crippen LogP contribution in [0.2, 0.25) is 0 Å². The fourth-order valence-electron chi connectivity index (χ4n) is 1.56. The first-order valence-corrected chi connectivity index (χ1v) is 5.74. The van der Waals surface area contributed by atoms with Crippen LogP contribution in [0.5, 0.6) is 0 Å². The third-order valence-corrected chi connectivity index (χ3v) is 2.57. The van der Waals surface area contributed by atoms with E-state index >= 15 is 0 Å². The summed E-state index contributed by atoms with van der Waals surface area (Å²) in [6.45, 7) is 4.35. The van der Waals surface area contributed by atoms with E-state index in [2.05, 4.69) is 12.2 Å². The minimum Gasteiger partial charge on any atom is -0.379 e. The molecule has 5 heteroatoms. The van der Waals surface area contributed by atoms with Gasteiger partial charge in [0.2, 0.25) is 0 Å². The molecule has 0 bridgehead atoms. The first-order chi connectivity index (χ1) is 8.06. The molecule has 0 fully saturated rings. The molecule has 0 heterocycles. The van der Waals surface area contributed by atoms with Gasteiger partial charge in [0, 0.05) is 6.54 Å². The van der Waals surface area contributed by atoms with Gasteiger partial charge in [0.1, 0.15) is 11.5 Å². The standard InChI is InChI=1S/C12H17FN2O2/c1-3-4-5-6-14-11-7-9(2)10(13)8-12(11)15(16)17/h7-8,14H,3-6H2,1-2H3. The second-order valence-corrected chi connectivity index (χ2v) is 4.01. The van der Waals surface area contributed by atoms with E-state index in [9.17, 15) is 14.5 Å². The molecule has 1 rings (SSSR count). The largest absolute Gasteiger partial charge is 0.379 e. The van der Waals surface area contributed by atoms with Gasteiger partial charge in [-0.2, -0.15) is 0 Å². The van der Waals surface area contributed by atoms with E-state index in [-0.39, 0.29) is 5.69 Å². The Morgan fingerprint density at radius 3 is 2.71 bits per heavy atom. The highest BCUT2D eigenvalue weighted by atomic mass is 19.1. The number of rotatable bonds is 6. The number of nitrogens with zero attached hydrogens (tertiary/aromatic N) is 1. The molecule has 0 spiro atoms. The van der Waals surface area contributed by atoms with E-state index in [4.69, 9.17) is 0 Å². The zero-order chi connectivity index (χ0) is 12.8. The molecule has 0 amide bonds. The summed E-state index contributed by atoms with van der Waals surface area (Å²) in [6, 6.07) is 2.46. The summed E-state index contributed by atoms with van der Waals surface area (Å²) in [6.07, 6.45) is 3.11. The molecule has 0 aliphatic carbocycles. The first kappa shape index (κ1) is 13.4. The van der Waals surface area contributed by atoms with E-state index in [0.717, 1.165) is 25.3 Å². The number of anilines is 1. The van der Waals surface area contributed by atoms with Crippen molar-refractivity contribution in [2.45, 2.75) is 33.1 Å². The van der Waals surface area contributed by atoms with Gasteiger partial charge in [-0.25, -0.2) is 4.39 Å². The Balaban J connectivity index is 2.81. The zero-order valence-corrected chi connectivity index (χ0v) is 10.1. The van der Waals surface area contributed by atoms with E-state index in [1.54, 1.807) is 6.92 Å². The number of aryl methyl sites for hydroxylation is 1. The van der Waals surface area contributed by atoms with Gasteiger partial charge in [0.25, 0.3) is 5.69 Å². The number of halogens is 1. The lowest BCUT2D eigenvalue weighted by Gasteiger charge is -2.08. The Hall–Kier alpha value is -1.65. The van der Waals surface area contributed by atoms with Gasteiger partial charge < -0.3 is 5.32 Å². The third kappa shape index (κ3) is 3.69. The molecule has 0 saturated carbocycles. The molecule has 0 aliphatic heterocycles. The number of nitro benzene ring substituents is 1. The van der Waals surface area contributed by atoms with Crippen LogP contribution in [0.4, 0.5) is 15.8 Å². The Kier molecular flexibility index (Phi) is 4.87. The molecule has 1 aromatic carbocycles. The number of benzene rings is 1. The zero-order valence-electron chi connectivity index (χ0n) is 10.1. The van der Waals surface area contributed by atoms with Crippen molar-refractivity contribution in [3.63, 3.8) is 0 Å². The average molecular weight is 240 g/mol. The predicted molar refractivity (Wildman–Crippen MR) is 65.8 cm³/mol. The minimum atomic E-state index is -0.565. The van der Waals surface area contributed by atoms with Crippen molar-refractivity contribution in [1.82, 2.24) is 0 Å². The van der Waals surface area contributed by atoms with Crippen LogP contribution in [0.3, 0.4) is 0 Å². The van der Waals surface area contributed by atoms with Crippen LogP contribution >= 0.6 is 0 Å². The monoisotopic (exact) mass is 240 g/mol. The van der Waals surface area contributed by atoms with Crippen molar-refractivity contribution in [2.75, 3.05) is 11.9 Å². The Morgan fingerprint density at radius 2 is 2.12 bits per heavy atom. The van der Waals surface area contributed by atoms with E-state index < -0.39 is 10.7 Å². The number of unbranched alkanes of at least 4 members (excludes halogenated alkanes) is 2. The molecule has 4 nitrogen and oxygen atoms in total. The average Bonchev–Trinajstić information content (AvgIpc) is 2.28. The molecule has 0 unspecified atom stereocenters. The molecule has 0 aromatic heterocycles. The Bertz CT molecular complexity index is 408. The molecular weight excluding hydrogens is 223 g/mol. The van der Waals surface area contributed by atoms with E-state index in [1.165, 1.54) is 6.07 Å². The third-order valence-electron chi connectivity index (χ3n) is 2.57. The number of nitrogens with one attached hydrogen (secondary N) is 1. The predicted octanol–water partition coefficient (Wildman–Crippen LogP) is 3.64. The Morgan fingerprint density at radius 1 is 1.41 bits per heavy atom. The lowest BCUT2D eigenvalue weighted by molar-refractivity contribution is -0.384. The van der Waals surface area contributed by atoms with Crippen LogP contribution in [0.1, 0.15) is 31.7 Å². The second kappa shape index (κ2) is 6.18. The van der Waals surface area contributed by atoms with Crippen LogP contribution in [-0.2, 0) is 0 Å². The maximum atomic E-state index is 13.2. The van der Waals surface area contributed by atoms with Gasteiger partial charge in [0.15, 0.2) is 0 Å². The number of nitro groups is 1. The molecule has 1 aromatic rings. The molecule has 0 radical (unpaired) electrons. The van der Waals surface area contributed by atoms with Gasteiger partial charge in [-0.3, -0.25) is 10.1 Å². The summed E-state index contributed by atoms with van der Waals surface area (Å²) in [5, 5.41) is 13.8. The van der Waals surface area contributed by atoms with Crippen LogP contribution in [0.15, 0.2) is 12.1 Å². The van der Waals surface area contributed by atoms with Crippen molar-refractivity contribution >= 4 is 11.4 Å². The number of hydrogen-bond acceptors (Lipinski definition) is 3. The molecule has 94 valence electrons. The lowest BCUT2D eigenvalue weighted by atomic mass is 10.1. The van der Waals surface area contributed by atoms with E-state index in [0.29, 0.717) is 17.8 Å². The van der Waals surface area contributed by atoms with Crippen LogP contribution in [0, 0.1) is 22.9 Å². The quantitative estimate of drug-likeness (QED) is 0.469. The van der Waals surface area contributed by atoms with Crippen molar-refractivity contribution in [3.05, 3.63) is 33.6 Å². The summed E-state index contributed by atoms with van der Waals surface area (Å²) in [4.78, 5) is 10.2. The number of hydrogen-bond donors (Lipinski definition) is 1. The topological polar surface area (TPSA) is 55.2 Å². The molecule has 0 saturated heterocycles. The second-order valence-electron chi connectivity index (χ2n) is 4.01. The normalized spacial score (nSPS) is 10.3. The summed E-state index contributed by atoms with van der Waals surface area (Å²) < 4.78 is 13.2. The highest BCUT2D eigenvalue weighted by Gasteiger charge is 2.16. The highest BCUT2D eigenvalue weighted by molar-refractivity contribution is 5.63. The van der Waals surface area contributed by atoms with Gasteiger partial charge in [-0.05, 0) is 25.0 Å². The van der Waals surface area contributed by atoms with Crippen molar-refractivity contribution in [2.24, 2.45) is 0 Å². The fourth-order valence-corrected chi connectivity index (χ4v) is 1.56. The lowest BCUT2D eigenvalue weighted by Crippen LogP contribution is -2.05. The molecular formula is C12H17FN2O2. The van der Waals surface area contributed by atoms with Crippen LogP contribution in [0.25, 0.3) is 0 Å². The highest BCUT2D eigenvalue weighted by Crippen LogP contribution is 2.27. The minimum absolute atomic E-state index is 0.204. The summed E-state index contributed by atoms with van der Waals surface area (Å²) in [7, 11) is 0. The van der Waals surface area contributed by atoms with Crippen LogP contribution in [-0.4, -0.2) is 11.5 Å². The Labute approximate surface area is 100.0 Å². The molecule has 1 N–H and O–H groups in total. The molecule has 0 aliphatic rings. The summed E-state index contributed by atoms with van der Waals surface area (Å²) in [5.41, 5.74) is 0.600. The summed E-state index contributed by atoms with van der Waals surface area (Å²) in [5.74, 6) is -0.546. The summed E-state index contributed by atoms with van der Waals surface area (Å²) >= 11 is 0. The van der Waals surface area contributed by atoms with Crippen molar-refractivity contribution in [3.8, 4) is 0 Å². The van der Waals surface area contributed by atoms with Gasteiger partial charge >= 0.3 is 0 Å². The smallest absolute Gasteiger partial charge is 0.295 e. The molecule has 0 atom stereocenters. The van der Waals surface area contributed by atoms with E-state index in [1.807, 2.05) is 0 Å². The maximum Gasteiger partial charge on any atom is 0.295 e. The fraction of sp³-hybridized carbons (Fsp3) is 0.500. The van der Waals surface area contributed by atoms with Crippen molar-refractivity contribution < 1.29 is 9.31 Å². The first-order valence-electron chi connectivity index (χ1n) is 5.74. The van der Waals surface area contributed by atoms with Gasteiger partial charge in [-0.15, -0.1) is 0 Å². The van der Waals surface area contributed by atoms with Gasteiger partial charge in [0.05, 0.1) is 11.0 Å². The van der Waals surface area contributed by atoms with Gasteiger partial charge in [-0.1, -0.05) is 19.8 Å². The maximum absolute atomic E-state index is 13.2.